The first kappa shape index (κ1) is 20.4. The fourth-order valence-electron chi connectivity index (χ4n) is 2.22. The van der Waals surface area contributed by atoms with Gasteiger partial charge in [-0.15, -0.1) is 5.10 Å². The number of carbonyl (C=O) groups excluding carboxylic acids is 1. The molecule has 1 fully saturated rings. The highest BCUT2D eigenvalue weighted by Gasteiger charge is 2.24. The van der Waals surface area contributed by atoms with Gasteiger partial charge in [0.1, 0.15) is 0 Å². The Morgan fingerprint density at radius 2 is 1.72 bits per heavy atom. The number of non-ortho nitro benzene ring substituents is 1. The molecule has 0 aromatic heterocycles. The van der Waals surface area contributed by atoms with Crippen molar-refractivity contribution in [3.63, 3.8) is 0 Å². The molecule has 2 aromatic rings. The van der Waals surface area contributed by atoms with E-state index in [0.29, 0.717) is 20.5 Å². The second-order valence-electron chi connectivity index (χ2n) is 5.53. The molecule has 10 nitrogen and oxygen atoms in total. The molecule has 1 aliphatic rings. The highest BCUT2D eigenvalue weighted by molar-refractivity contribution is 9.10. The maximum absolute atomic E-state index is 12.1. The maximum Gasteiger partial charge on any atom is 0.284 e. The van der Waals surface area contributed by atoms with Crippen LogP contribution in [0.1, 0.15) is 11.1 Å². The van der Waals surface area contributed by atoms with Crippen molar-refractivity contribution in [3.8, 4) is 0 Å². The number of nitro benzene ring substituents is 2. The maximum atomic E-state index is 12.1. The minimum absolute atomic E-state index is 0.0324. The Kier molecular flexibility index (Phi) is 6.14. The van der Waals surface area contributed by atoms with Crippen molar-refractivity contribution >= 4 is 62.4 Å². The molecule has 3 rings (SSSR count). The predicted molar refractivity (Wildman–Crippen MR) is 113 cm³/mol. The van der Waals surface area contributed by atoms with Crippen molar-refractivity contribution in [2.45, 2.75) is 0 Å². The van der Waals surface area contributed by atoms with Gasteiger partial charge in [-0.25, -0.2) is 0 Å². The van der Waals surface area contributed by atoms with E-state index in [1.807, 2.05) is 0 Å². The summed E-state index contributed by atoms with van der Waals surface area (Å²) in [5, 5.41) is 32.2. The number of amidine groups is 1. The number of thioether (sulfide) groups is 1. The molecule has 0 aliphatic carbocycles. The third kappa shape index (κ3) is 5.12. The van der Waals surface area contributed by atoms with Gasteiger partial charge >= 0.3 is 0 Å². The normalized spacial score (nSPS) is 16.5. The van der Waals surface area contributed by atoms with Crippen molar-refractivity contribution in [1.29, 1.82) is 0 Å². The van der Waals surface area contributed by atoms with E-state index in [0.717, 1.165) is 11.8 Å². The van der Waals surface area contributed by atoms with Crippen LogP contribution < -0.4 is 5.32 Å². The molecular formula is C17H10BrN5O5S. The lowest BCUT2D eigenvalue weighted by Crippen LogP contribution is -2.19. The zero-order valence-corrected chi connectivity index (χ0v) is 16.7. The van der Waals surface area contributed by atoms with E-state index in [1.165, 1.54) is 48.7 Å². The lowest BCUT2D eigenvalue weighted by Gasteiger charge is -1.98. The second kappa shape index (κ2) is 8.75. The van der Waals surface area contributed by atoms with Gasteiger partial charge in [0.2, 0.25) is 0 Å². The molecule has 12 heteroatoms. The lowest BCUT2D eigenvalue weighted by atomic mass is 10.2. The summed E-state index contributed by atoms with van der Waals surface area (Å²) in [6.07, 6.45) is 2.91. The van der Waals surface area contributed by atoms with Gasteiger partial charge in [0, 0.05) is 18.2 Å². The average Bonchev–Trinajstić information content (AvgIpc) is 3.02. The smallest absolute Gasteiger partial charge is 0.284 e. The van der Waals surface area contributed by atoms with Gasteiger partial charge in [0.25, 0.3) is 17.3 Å². The summed E-state index contributed by atoms with van der Waals surface area (Å²) in [5.41, 5.74) is 0.958. The van der Waals surface area contributed by atoms with Crippen molar-refractivity contribution in [2.24, 2.45) is 10.2 Å². The van der Waals surface area contributed by atoms with Gasteiger partial charge in [-0.2, -0.15) is 5.10 Å². The standard InChI is InChI=1S/C17H10BrN5O5S/c18-13-6-3-11(7-14(13)23(27)28)8-15-16(24)20-17(29-15)21-19-9-10-1-4-12(5-2-10)22(25)26/h1-9H,(H,20,21,24)/b15-8-,19-9+. The number of rotatable bonds is 5. The number of carbonyl (C=O) groups is 1. The van der Waals surface area contributed by atoms with Crippen LogP contribution in [0.25, 0.3) is 6.08 Å². The molecule has 29 heavy (non-hydrogen) atoms. The molecule has 0 bridgehead atoms. The summed E-state index contributed by atoms with van der Waals surface area (Å²) in [4.78, 5) is 33.0. The third-order valence-corrected chi connectivity index (χ3v) is 5.15. The number of nitrogens with one attached hydrogen (secondary N) is 1. The number of halogens is 1. The number of benzene rings is 2. The van der Waals surface area contributed by atoms with Crippen LogP contribution >= 0.6 is 27.7 Å². The zero-order valence-electron chi connectivity index (χ0n) is 14.3. The van der Waals surface area contributed by atoms with E-state index in [4.69, 9.17) is 0 Å². The number of hydrogen-bond donors (Lipinski definition) is 1. The molecule has 0 radical (unpaired) electrons. The highest BCUT2D eigenvalue weighted by atomic mass is 79.9. The van der Waals surface area contributed by atoms with E-state index < -0.39 is 15.8 Å². The molecule has 146 valence electrons. The molecule has 0 spiro atoms. The van der Waals surface area contributed by atoms with E-state index in [9.17, 15) is 25.0 Å². The molecule has 1 N–H and O–H groups in total. The van der Waals surface area contributed by atoms with Crippen molar-refractivity contribution in [3.05, 3.63) is 83.2 Å². The number of nitrogens with zero attached hydrogens (tertiary/aromatic N) is 4. The Labute approximate surface area is 175 Å². The van der Waals surface area contributed by atoms with Crippen LogP contribution in [0, 0.1) is 20.2 Å². The van der Waals surface area contributed by atoms with Gasteiger partial charge in [-0.05, 0) is 63.1 Å². The summed E-state index contributed by atoms with van der Waals surface area (Å²) in [7, 11) is 0. The van der Waals surface area contributed by atoms with Crippen LogP contribution in [0.5, 0.6) is 0 Å². The van der Waals surface area contributed by atoms with Crippen LogP contribution in [0.3, 0.4) is 0 Å². The minimum Gasteiger partial charge on any atom is -0.299 e. The number of nitro groups is 2. The second-order valence-corrected chi connectivity index (χ2v) is 7.42. The Hall–Kier alpha value is -3.38. The number of hydrogen-bond acceptors (Lipinski definition) is 8. The SMILES string of the molecule is O=C1N/C(=N\N=C\c2ccc([N+](=O)[O-])cc2)S/C1=C\c1ccc(Br)c([N+](=O)[O-])c1. The summed E-state index contributed by atoms with van der Waals surface area (Å²) in [6, 6.07) is 10.3. The van der Waals surface area contributed by atoms with Gasteiger partial charge in [-0.1, -0.05) is 6.07 Å². The van der Waals surface area contributed by atoms with E-state index >= 15 is 0 Å². The lowest BCUT2D eigenvalue weighted by molar-refractivity contribution is -0.385. The van der Waals surface area contributed by atoms with E-state index in [-0.39, 0.29) is 16.5 Å². The van der Waals surface area contributed by atoms with E-state index in [1.54, 1.807) is 6.07 Å². The predicted octanol–water partition coefficient (Wildman–Crippen LogP) is 3.86. The Morgan fingerprint density at radius 3 is 2.38 bits per heavy atom. The molecular weight excluding hydrogens is 466 g/mol. The Bertz CT molecular complexity index is 1100. The number of amides is 1. The molecule has 1 saturated heterocycles. The topological polar surface area (TPSA) is 140 Å². The fourth-order valence-corrected chi connectivity index (χ4v) is 3.39. The average molecular weight is 476 g/mol. The summed E-state index contributed by atoms with van der Waals surface area (Å²) in [5.74, 6) is -0.398. The largest absolute Gasteiger partial charge is 0.299 e. The molecule has 0 atom stereocenters. The van der Waals surface area contributed by atoms with Crippen molar-refractivity contribution in [1.82, 2.24) is 5.32 Å². The van der Waals surface area contributed by atoms with Crippen molar-refractivity contribution < 1.29 is 14.6 Å². The zero-order chi connectivity index (χ0) is 21.0. The molecule has 1 heterocycles. The van der Waals surface area contributed by atoms with Gasteiger partial charge in [0.05, 0.1) is 25.4 Å². The van der Waals surface area contributed by atoms with Crippen LogP contribution in [-0.4, -0.2) is 27.1 Å². The van der Waals surface area contributed by atoms with Gasteiger partial charge < -0.3 is 0 Å². The van der Waals surface area contributed by atoms with Crippen LogP contribution in [0.2, 0.25) is 0 Å². The summed E-state index contributed by atoms with van der Waals surface area (Å²) < 4.78 is 0.344. The van der Waals surface area contributed by atoms with Crippen LogP contribution in [-0.2, 0) is 4.79 Å². The molecule has 2 aromatic carbocycles. The monoisotopic (exact) mass is 475 g/mol. The van der Waals surface area contributed by atoms with Crippen LogP contribution in [0.4, 0.5) is 11.4 Å². The fraction of sp³-hybridized carbons (Fsp3) is 0. The van der Waals surface area contributed by atoms with Crippen molar-refractivity contribution in [2.75, 3.05) is 0 Å². The minimum atomic E-state index is -0.520. The quantitative estimate of drug-likeness (QED) is 0.301. The first-order valence-corrected chi connectivity index (χ1v) is 9.45. The Morgan fingerprint density at radius 1 is 1.03 bits per heavy atom. The summed E-state index contributed by atoms with van der Waals surface area (Å²) >= 11 is 4.15. The third-order valence-electron chi connectivity index (χ3n) is 3.57. The molecule has 0 saturated carbocycles. The van der Waals surface area contributed by atoms with Crippen LogP contribution in [0.15, 0.2) is 62.0 Å². The first-order chi connectivity index (χ1) is 13.8. The molecule has 1 amide bonds. The first-order valence-electron chi connectivity index (χ1n) is 7.84. The Balaban J connectivity index is 1.72. The highest BCUT2D eigenvalue weighted by Crippen LogP contribution is 2.30. The van der Waals surface area contributed by atoms with Gasteiger partial charge in [0.15, 0.2) is 5.17 Å². The summed E-state index contributed by atoms with van der Waals surface area (Å²) in [6.45, 7) is 0. The molecule has 0 unspecified atom stereocenters. The van der Waals surface area contributed by atoms with E-state index in [2.05, 4.69) is 31.4 Å². The molecule has 1 aliphatic heterocycles. The van der Waals surface area contributed by atoms with Gasteiger partial charge in [-0.3, -0.25) is 30.3 Å².